The van der Waals surface area contributed by atoms with Gasteiger partial charge in [-0.3, -0.25) is 9.59 Å². The molecule has 0 saturated carbocycles. The summed E-state index contributed by atoms with van der Waals surface area (Å²) in [7, 11) is 0. The molecule has 0 radical (unpaired) electrons. The first-order chi connectivity index (χ1) is 22.1. The summed E-state index contributed by atoms with van der Waals surface area (Å²) in [5, 5.41) is 8.64. The predicted octanol–water partition coefficient (Wildman–Crippen LogP) is 12.7. The maximum Gasteiger partial charge on any atom is 0.306 e. The number of hydrogen-bond donors (Lipinski definition) is 1. The summed E-state index contributed by atoms with van der Waals surface area (Å²) < 4.78 is 5.60. The number of ether oxygens (including phenoxy) is 1. The molecule has 0 aliphatic carbocycles. The van der Waals surface area contributed by atoms with Crippen LogP contribution < -0.4 is 0 Å². The second-order valence-electron chi connectivity index (χ2n) is 12.1. The van der Waals surface area contributed by atoms with Crippen molar-refractivity contribution >= 4 is 11.9 Å². The highest BCUT2D eigenvalue weighted by Gasteiger charge is 2.09. The summed E-state index contributed by atoms with van der Waals surface area (Å²) >= 11 is 0. The zero-order valence-corrected chi connectivity index (χ0v) is 29.1. The van der Waals surface area contributed by atoms with Crippen LogP contribution >= 0.6 is 0 Å². The highest BCUT2D eigenvalue weighted by Crippen LogP contribution is 2.14. The quantitative estimate of drug-likeness (QED) is 0.0459. The Morgan fingerprint density at radius 2 is 0.889 bits per heavy atom. The molecule has 0 spiro atoms. The highest BCUT2D eigenvalue weighted by atomic mass is 16.5. The van der Waals surface area contributed by atoms with Gasteiger partial charge in [0, 0.05) is 12.8 Å². The normalized spacial score (nSPS) is 13.1. The number of carbonyl (C=O) groups is 2. The first-order valence-corrected chi connectivity index (χ1v) is 18.4. The largest absolute Gasteiger partial charge is 0.481 e. The van der Waals surface area contributed by atoms with E-state index in [0.717, 1.165) is 83.5 Å². The van der Waals surface area contributed by atoms with Gasteiger partial charge in [0.15, 0.2) is 0 Å². The van der Waals surface area contributed by atoms with Crippen LogP contribution in [0.5, 0.6) is 0 Å². The molecule has 45 heavy (non-hydrogen) atoms. The van der Waals surface area contributed by atoms with Crippen LogP contribution in [-0.4, -0.2) is 23.1 Å². The summed E-state index contributed by atoms with van der Waals surface area (Å²) in [5.41, 5.74) is 0. The van der Waals surface area contributed by atoms with E-state index in [9.17, 15) is 9.59 Å². The number of hydrogen-bond acceptors (Lipinski definition) is 3. The van der Waals surface area contributed by atoms with Gasteiger partial charge in [0.05, 0.1) is 6.10 Å². The van der Waals surface area contributed by atoms with Gasteiger partial charge in [-0.15, -0.1) is 0 Å². The zero-order valence-electron chi connectivity index (χ0n) is 29.1. The van der Waals surface area contributed by atoms with Crippen LogP contribution in [0.2, 0.25) is 0 Å². The molecule has 0 fully saturated rings. The van der Waals surface area contributed by atoms with E-state index in [-0.39, 0.29) is 12.1 Å². The maximum absolute atomic E-state index is 12.1. The molecule has 1 unspecified atom stereocenters. The summed E-state index contributed by atoms with van der Waals surface area (Å²) in [6.45, 7) is 4.18. The van der Waals surface area contributed by atoms with Crippen LogP contribution in [0.3, 0.4) is 0 Å². The van der Waals surface area contributed by atoms with Gasteiger partial charge >= 0.3 is 11.9 Å². The van der Waals surface area contributed by atoms with Gasteiger partial charge in [-0.1, -0.05) is 144 Å². The second-order valence-corrected chi connectivity index (χ2v) is 12.1. The average molecular weight is 625 g/mol. The molecule has 0 amide bonds. The van der Waals surface area contributed by atoms with E-state index < -0.39 is 5.97 Å². The van der Waals surface area contributed by atoms with E-state index in [1.165, 1.54) is 57.8 Å². The van der Waals surface area contributed by atoms with E-state index in [1.54, 1.807) is 0 Å². The number of unbranched alkanes of at least 4 members (excludes halogenated alkanes) is 13. The Labute approximate surface area is 277 Å². The lowest BCUT2D eigenvalue weighted by molar-refractivity contribution is -0.148. The molecule has 1 atom stereocenters. The minimum absolute atomic E-state index is 0.0244. The second kappa shape index (κ2) is 35.9. The lowest BCUT2D eigenvalue weighted by Gasteiger charge is -2.13. The third-order valence-corrected chi connectivity index (χ3v) is 7.68. The Balaban J connectivity index is 3.50. The van der Waals surface area contributed by atoms with Crippen molar-refractivity contribution in [1.29, 1.82) is 0 Å². The fourth-order valence-corrected chi connectivity index (χ4v) is 4.99. The van der Waals surface area contributed by atoms with Crippen molar-refractivity contribution in [2.24, 2.45) is 0 Å². The SMILES string of the molecule is CC/C=C\C/C=C\C/C=C\C/C=C\C/C=C\C/C=C\CCCCC(=O)OC(C)CCCCCCCCCCCCCCC(=O)O. The molecule has 0 heterocycles. The molecule has 0 aliphatic rings. The fourth-order valence-electron chi connectivity index (χ4n) is 4.99. The maximum atomic E-state index is 12.1. The Morgan fingerprint density at radius 1 is 0.511 bits per heavy atom. The number of rotatable bonds is 32. The molecular weight excluding hydrogens is 556 g/mol. The standard InChI is InChI=1S/C41H68O4/c1-3-4-5-6-7-8-9-10-11-12-13-14-15-16-17-18-23-26-29-32-35-38-41(44)45-39(2)36-33-30-27-24-21-19-20-22-25-28-31-34-37-40(42)43/h4-5,7-8,10-11,13-14,16-17,23,26,39H,3,6,9,12,15,18-22,24-25,27-38H2,1-2H3,(H,42,43)/b5-4-,8-7-,11-10-,14-13-,17-16-,26-23-. The first-order valence-electron chi connectivity index (χ1n) is 18.4. The predicted molar refractivity (Wildman–Crippen MR) is 195 cm³/mol. The average Bonchev–Trinajstić information content (AvgIpc) is 3.01. The Hall–Kier alpha value is -2.62. The molecule has 0 aromatic carbocycles. The van der Waals surface area contributed by atoms with Crippen molar-refractivity contribution in [2.75, 3.05) is 0 Å². The Morgan fingerprint density at radius 3 is 1.33 bits per heavy atom. The molecule has 0 bridgehead atoms. The first kappa shape index (κ1) is 42.4. The number of esters is 1. The smallest absolute Gasteiger partial charge is 0.306 e. The van der Waals surface area contributed by atoms with Crippen molar-refractivity contribution in [3.8, 4) is 0 Å². The molecule has 0 rings (SSSR count). The van der Waals surface area contributed by atoms with Crippen molar-refractivity contribution in [3.05, 3.63) is 72.9 Å². The molecule has 256 valence electrons. The minimum Gasteiger partial charge on any atom is -0.481 e. The van der Waals surface area contributed by atoms with Crippen LogP contribution in [-0.2, 0) is 14.3 Å². The summed E-state index contributed by atoms with van der Waals surface area (Å²) in [6.07, 6.45) is 51.8. The van der Waals surface area contributed by atoms with Crippen molar-refractivity contribution in [2.45, 2.75) is 174 Å². The molecule has 0 aromatic heterocycles. The van der Waals surface area contributed by atoms with Gasteiger partial charge in [-0.25, -0.2) is 0 Å². The van der Waals surface area contributed by atoms with Gasteiger partial charge in [0.1, 0.15) is 0 Å². The van der Waals surface area contributed by atoms with Crippen molar-refractivity contribution in [3.63, 3.8) is 0 Å². The van der Waals surface area contributed by atoms with E-state index in [4.69, 9.17) is 9.84 Å². The lowest BCUT2D eigenvalue weighted by Crippen LogP contribution is -2.14. The van der Waals surface area contributed by atoms with Crippen molar-refractivity contribution < 1.29 is 19.4 Å². The van der Waals surface area contributed by atoms with Crippen LogP contribution in [0.1, 0.15) is 168 Å². The number of carbonyl (C=O) groups excluding carboxylic acids is 1. The number of carboxylic acid groups (broad SMARTS) is 1. The van der Waals surface area contributed by atoms with Gasteiger partial charge in [0.2, 0.25) is 0 Å². The van der Waals surface area contributed by atoms with Crippen LogP contribution in [0.15, 0.2) is 72.9 Å². The zero-order chi connectivity index (χ0) is 32.9. The molecule has 0 aromatic rings. The number of carboxylic acids is 1. The third-order valence-electron chi connectivity index (χ3n) is 7.68. The monoisotopic (exact) mass is 625 g/mol. The van der Waals surface area contributed by atoms with E-state index in [2.05, 4.69) is 79.8 Å². The summed E-state index contributed by atoms with van der Waals surface area (Å²) in [4.78, 5) is 22.6. The van der Waals surface area contributed by atoms with Gasteiger partial charge in [0.25, 0.3) is 0 Å². The molecule has 0 aliphatic heterocycles. The highest BCUT2D eigenvalue weighted by molar-refractivity contribution is 5.69. The van der Waals surface area contributed by atoms with Crippen LogP contribution in [0, 0.1) is 0 Å². The van der Waals surface area contributed by atoms with E-state index in [0.29, 0.717) is 12.8 Å². The Kier molecular flexibility index (Phi) is 33.8. The Bertz CT molecular complexity index is 846. The lowest BCUT2D eigenvalue weighted by atomic mass is 10.0. The van der Waals surface area contributed by atoms with Gasteiger partial charge in [-0.05, 0) is 84.0 Å². The minimum atomic E-state index is -0.676. The van der Waals surface area contributed by atoms with E-state index >= 15 is 0 Å². The third kappa shape index (κ3) is 37.5. The van der Waals surface area contributed by atoms with Gasteiger partial charge < -0.3 is 9.84 Å². The van der Waals surface area contributed by atoms with Crippen LogP contribution in [0.25, 0.3) is 0 Å². The molecule has 1 N–H and O–H groups in total. The van der Waals surface area contributed by atoms with Gasteiger partial charge in [-0.2, -0.15) is 0 Å². The van der Waals surface area contributed by atoms with Crippen molar-refractivity contribution in [1.82, 2.24) is 0 Å². The van der Waals surface area contributed by atoms with Crippen LogP contribution in [0.4, 0.5) is 0 Å². The summed E-state index contributed by atoms with van der Waals surface area (Å²) in [5.74, 6) is -0.725. The molecule has 4 heteroatoms. The molecule has 4 nitrogen and oxygen atoms in total. The van der Waals surface area contributed by atoms with E-state index in [1.807, 2.05) is 6.92 Å². The molecular formula is C41H68O4. The number of aliphatic carboxylic acids is 1. The topological polar surface area (TPSA) is 63.6 Å². The number of allylic oxidation sites excluding steroid dienone is 12. The fraction of sp³-hybridized carbons (Fsp3) is 0.659. The summed E-state index contributed by atoms with van der Waals surface area (Å²) in [6, 6.07) is 0. The molecule has 0 saturated heterocycles.